The number of para-hydroxylation sites is 2. The Morgan fingerprint density at radius 3 is 1.59 bits per heavy atom. The largest absolute Gasteiger partial charge is 0.397 e. The molecule has 37 heavy (non-hydrogen) atoms. The summed E-state index contributed by atoms with van der Waals surface area (Å²) in [6, 6.07) is 30.2. The number of halogens is 1. The number of nitrogens with two attached hydrogens (primary N) is 2. The van der Waals surface area contributed by atoms with E-state index in [1.807, 2.05) is 78.9 Å². The second-order valence-electron chi connectivity index (χ2n) is 8.23. The Kier molecular flexibility index (Phi) is 6.67. The number of nitrogens with zero attached hydrogens (tertiary/aromatic N) is 2. The average molecular weight is 493 g/mol. The van der Waals surface area contributed by atoms with E-state index in [-0.39, 0.29) is 11.8 Å². The van der Waals surface area contributed by atoms with Crippen molar-refractivity contribution in [2.75, 3.05) is 32.7 Å². The van der Waals surface area contributed by atoms with Gasteiger partial charge in [0.1, 0.15) is 0 Å². The smallest absolute Gasteiger partial charge is 0.229 e. The Morgan fingerprint density at radius 2 is 1.08 bits per heavy atom. The van der Waals surface area contributed by atoms with E-state index in [1.165, 1.54) is 0 Å². The third-order valence-electron chi connectivity index (χ3n) is 5.47. The summed E-state index contributed by atoms with van der Waals surface area (Å²) in [6.07, 6.45) is 1.10. The quantitative estimate of drug-likeness (QED) is 0.131. The van der Waals surface area contributed by atoms with E-state index in [0.29, 0.717) is 22.7 Å². The summed E-state index contributed by atoms with van der Waals surface area (Å²) < 4.78 is 14.5. The Bertz CT molecular complexity index is 1510. The van der Waals surface area contributed by atoms with Gasteiger partial charge in [-0.15, -0.1) is 0 Å². The summed E-state index contributed by atoms with van der Waals surface area (Å²) in [5, 5.41) is 12.6. The van der Waals surface area contributed by atoms with Gasteiger partial charge in [0.2, 0.25) is 5.95 Å². The highest BCUT2D eigenvalue weighted by atomic mass is 19.1. The fourth-order valence-electron chi connectivity index (χ4n) is 3.64. The number of benzene rings is 4. The van der Waals surface area contributed by atoms with Crippen molar-refractivity contribution < 1.29 is 4.39 Å². The standard InChI is InChI=1S/C28H25FN8/c29-22-17-32-28(36-21-12-14-26(24(31)16-21)34-19-9-5-2-6-10-19)37-27(22)35-20-11-13-25(23(30)15-20)33-18-7-3-1-4-8-18/h1-17,33-34H,30-31H2,(H2,32,35,36,37). The Hall–Kier alpha value is -5.31. The molecule has 1 heterocycles. The molecule has 4 aromatic carbocycles. The molecule has 5 rings (SSSR count). The first-order valence-corrected chi connectivity index (χ1v) is 11.5. The molecule has 0 atom stereocenters. The monoisotopic (exact) mass is 492 g/mol. The Labute approximate surface area is 213 Å². The lowest BCUT2D eigenvalue weighted by Gasteiger charge is -2.14. The molecule has 8 N–H and O–H groups in total. The van der Waals surface area contributed by atoms with Crippen molar-refractivity contribution in [1.29, 1.82) is 0 Å². The molecule has 0 unspecified atom stereocenters. The second-order valence-corrected chi connectivity index (χ2v) is 8.23. The summed E-state index contributed by atoms with van der Waals surface area (Å²) in [4.78, 5) is 8.33. The van der Waals surface area contributed by atoms with Gasteiger partial charge in [-0.2, -0.15) is 4.98 Å². The van der Waals surface area contributed by atoms with Crippen LogP contribution in [0, 0.1) is 5.82 Å². The number of anilines is 10. The maximum Gasteiger partial charge on any atom is 0.229 e. The minimum absolute atomic E-state index is 0.0102. The topological polar surface area (TPSA) is 126 Å². The fraction of sp³-hybridized carbons (Fsp3) is 0. The van der Waals surface area contributed by atoms with Crippen LogP contribution in [0.1, 0.15) is 0 Å². The molecule has 0 saturated carbocycles. The molecule has 0 spiro atoms. The zero-order valence-electron chi connectivity index (χ0n) is 19.7. The lowest BCUT2D eigenvalue weighted by Crippen LogP contribution is -2.04. The lowest BCUT2D eigenvalue weighted by molar-refractivity contribution is 0.619. The number of hydrogen-bond acceptors (Lipinski definition) is 8. The minimum Gasteiger partial charge on any atom is -0.397 e. The van der Waals surface area contributed by atoms with Crippen molar-refractivity contribution in [2.45, 2.75) is 0 Å². The number of nitrogen functional groups attached to an aromatic ring is 2. The van der Waals surface area contributed by atoms with Gasteiger partial charge in [-0.25, -0.2) is 9.37 Å². The summed E-state index contributed by atoms with van der Waals surface area (Å²) in [5.41, 5.74) is 18.1. The van der Waals surface area contributed by atoms with Crippen molar-refractivity contribution in [1.82, 2.24) is 9.97 Å². The minimum atomic E-state index is -0.600. The van der Waals surface area contributed by atoms with Crippen LogP contribution in [0.4, 0.5) is 61.7 Å². The van der Waals surface area contributed by atoms with E-state index >= 15 is 0 Å². The van der Waals surface area contributed by atoms with Gasteiger partial charge in [0.15, 0.2) is 11.6 Å². The van der Waals surface area contributed by atoms with Crippen molar-refractivity contribution in [2.24, 2.45) is 0 Å². The highest BCUT2D eigenvalue weighted by Gasteiger charge is 2.10. The molecule has 0 bridgehead atoms. The third-order valence-corrected chi connectivity index (χ3v) is 5.47. The van der Waals surface area contributed by atoms with E-state index in [9.17, 15) is 4.39 Å². The van der Waals surface area contributed by atoms with Crippen LogP contribution in [0.3, 0.4) is 0 Å². The van der Waals surface area contributed by atoms with Gasteiger partial charge < -0.3 is 32.7 Å². The summed E-state index contributed by atoms with van der Waals surface area (Å²) in [5.74, 6) is -0.379. The van der Waals surface area contributed by atoms with Crippen LogP contribution < -0.4 is 32.7 Å². The number of rotatable bonds is 8. The summed E-state index contributed by atoms with van der Waals surface area (Å²) in [6.45, 7) is 0. The predicted octanol–water partition coefficient (Wildman–Crippen LogP) is 6.75. The average Bonchev–Trinajstić information content (AvgIpc) is 2.90. The van der Waals surface area contributed by atoms with Gasteiger partial charge in [0.05, 0.1) is 28.9 Å². The SMILES string of the molecule is Nc1cc(Nc2ncc(F)c(Nc3ccc(Nc4ccccc4)c(N)c3)n2)ccc1Nc1ccccc1. The van der Waals surface area contributed by atoms with Crippen LogP contribution in [0.5, 0.6) is 0 Å². The van der Waals surface area contributed by atoms with Crippen LogP contribution >= 0.6 is 0 Å². The van der Waals surface area contributed by atoms with Crippen LogP contribution in [0.25, 0.3) is 0 Å². The fourth-order valence-corrected chi connectivity index (χ4v) is 3.64. The van der Waals surface area contributed by atoms with Crippen molar-refractivity contribution in [3.8, 4) is 0 Å². The van der Waals surface area contributed by atoms with Crippen LogP contribution in [-0.4, -0.2) is 9.97 Å². The Morgan fingerprint density at radius 1 is 0.568 bits per heavy atom. The van der Waals surface area contributed by atoms with Crippen LogP contribution in [0.15, 0.2) is 103 Å². The van der Waals surface area contributed by atoms with Crippen LogP contribution in [0.2, 0.25) is 0 Å². The zero-order chi connectivity index (χ0) is 25.6. The number of hydrogen-bond donors (Lipinski definition) is 6. The van der Waals surface area contributed by atoms with Gasteiger partial charge in [0, 0.05) is 22.7 Å². The first-order valence-electron chi connectivity index (χ1n) is 11.5. The molecule has 0 aliphatic rings. The predicted molar refractivity (Wildman–Crippen MR) is 150 cm³/mol. The van der Waals surface area contributed by atoms with Gasteiger partial charge >= 0.3 is 0 Å². The van der Waals surface area contributed by atoms with Gasteiger partial charge in [-0.3, -0.25) is 0 Å². The Balaban J connectivity index is 1.28. The molecular weight excluding hydrogens is 467 g/mol. The molecule has 9 heteroatoms. The molecule has 5 aromatic rings. The summed E-state index contributed by atoms with van der Waals surface area (Å²) in [7, 11) is 0. The molecule has 0 radical (unpaired) electrons. The van der Waals surface area contributed by atoms with E-state index in [4.69, 9.17) is 11.5 Å². The first kappa shape index (κ1) is 23.4. The normalized spacial score (nSPS) is 10.5. The molecule has 0 fully saturated rings. The second kappa shape index (κ2) is 10.5. The van der Waals surface area contributed by atoms with E-state index < -0.39 is 5.82 Å². The molecule has 8 nitrogen and oxygen atoms in total. The van der Waals surface area contributed by atoms with Gasteiger partial charge in [-0.1, -0.05) is 36.4 Å². The molecule has 0 aliphatic carbocycles. The first-order chi connectivity index (χ1) is 18.0. The van der Waals surface area contributed by atoms with E-state index in [2.05, 4.69) is 31.2 Å². The molecule has 1 aromatic heterocycles. The highest BCUT2D eigenvalue weighted by Crippen LogP contribution is 2.30. The maximum absolute atomic E-state index is 14.5. The van der Waals surface area contributed by atoms with E-state index in [0.717, 1.165) is 28.9 Å². The third kappa shape index (κ3) is 5.85. The molecule has 184 valence electrons. The molecule has 0 amide bonds. The molecular formula is C28H25FN8. The van der Waals surface area contributed by atoms with Crippen molar-refractivity contribution >= 4 is 57.3 Å². The maximum atomic E-state index is 14.5. The van der Waals surface area contributed by atoms with Crippen molar-refractivity contribution in [3.05, 3.63) is 109 Å². The number of nitrogens with one attached hydrogen (secondary N) is 4. The summed E-state index contributed by atoms with van der Waals surface area (Å²) >= 11 is 0. The molecule has 0 aliphatic heterocycles. The number of aromatic nitrogens is 2. The highest BCUT2D eigenvalue weighted by molar-refractivity contribution is 5.78. The van der Waals surface area contributed by atoms with E-state index in [1.54, 1.807) is 18.2 Å². The van der Waals surface area contributed by atoms with Gasteiger partial charge in [-0.05, 0) is 60.7 Å². The van der Waals surface area contributed by atoms with Crippen molar-refractivity contribution in [3.63, 3.8) is 0 Å². The lowest BCUT2D eigenvalue weighted by atomic mass is 10.2. The zero-order valence-corrected chi connectivity index (χ0v) is 19.7. The molecule has 0 saturated heterocycles. The van der Waals surface area contributed by atoms with Gasteiger partial charge in [0.25, 0.3) is 0 Å². The van der Waals surface area contributed by atoms with Crippen LogP contribution in [-0.2, 0) is 0 Å².